The predicted octanol–water partition coefficient (Wildman–Crippen LogP) is 2.11. The predicted molar refractivity (Wildman–Crippen MR) is 59.5 cm³/mol. The summed E-state index contributed by atoms with van der Waals surface area (Å²) < 4.78 is 0. The van der Waals surface area contributed by atoms with Crippen molar-refractivity contribution in [1.29, 1.82) is 0 Å². The van der Waals surface area contributed by atoms with E-state index in [2.05, 4.69) is 15.0 Å². The van der Waals surface area contributed by atoms with E-state index in [9.17, 15) is 0 Å². The van der Waals surface area contributed by atoms with Gasteiger partial charge in [0, 0.05) is 18.6 Å². The Hall–Kier alpha value is -2.03. The summed E-state index contributed by atoms with van der Waals surface area (Å²) in [4.78, 5) is 12.4. The highest BCUT2D eigenvalue weighted by atomic mass is 14.8. The zero-order valence-corrected chi connectivity index (χ0v) is 8.12. The fourth-order valence-electron chi connectivity index (χ4n) is 1.09. The minimum Gasteiger partial charge on any atom is -0.279 e. The van der Waals surface area contributed by atoms with Crippen molar-refractivity contribution in [1.82, 2.24) is 9.97 Å². The first-order chi connectivity index (χ1) is 7.45. The van der Waals surface area contributed by atoms with Gasteiger partial charge < -0.3 is 0 Å². The molecular weight excluding hydrogens is 186 g/mol. The van der Waals surface area contributed by atoms with Gasteiger partial charge in [-0.25, -0.2) is 0 Å². The maximum absolute atomic E-state index is 4.14. The number of aliphatic imine (C=N–C) groups is 1. The smallest absolute Gasteiger partial charge is 0.120 e. The van der Waals surface area contributed by atoms with Crippen LogP contribution >= 0.6 is 0 Å². The van der Waals surface area contributed by atoms with Crippen LogP contribution in [0.25, 0.3) is 0 Å². The van der Waals surface area contributed by atoms with Crippen molar-refractivity contribution >= 4 is 6.21 Å². The average Bonchev–Trinajstić information content (AvgIpc) is 2.32. The van der Waals surface area contributed by atoms with Gasteiger partial charge in [0.1, 0.15) is 6.54 Å². The van der Waals surface area contributed by atoms with Crippen molar-refractivity contribution < 1.29 is 0 Å². The second-order valence-electron chi connectivity index (χ2n) is 2.92. The monoisotopic (exact) mass is 196 g/mol. The Morgan fingerprint density at radius 3 is 2.13 bits per heavy atom. The van der Waals surface area contributed by atoms with Crippen LogP contribution in [0.5, 0.6) is 0 Å². The number of pyridine rings is 2. The van der Waals surface area contributed by atoms with Gasteiger partial charge in [0.05, 0.1) is 11.4 Å². The Labute approximate surface area is 88.6 Å². The topological polar surface area (TPSA) is 38.1 Å². The number of rotatable bonds is 3. The number of hydrogen-bond donors (Lipinski definition) is 0. The molecule has 1 radical (unpaired) electrons. The standard InChI is InChI=1S/C12H10N3/c1-3-7-14-11(5-1)9-13-10-12-6-2-4-8-15-12/h1-10H. The molecule has 2 aromatic heterocycles. The molecule has 0 bridgehead atoms. The first kappa shape index (κ1) is 9.52. The highest BCUT2D eigenvalue weighted by Gasteiger charge is 1.90. The molecule has 0 aliphatic heterocycles. The van der Waals surface area contributed by atoms with Crippen molar-refractivity contribution in [3.8, 4) is 0 Å². The SMILES string of the molecule is [CH](N=Cc1ccccn1)c1ccccn1. The first-order valence-electron chi connectivity index (χ1n) is 4.63. The zero-order chi connectivity index (χ0) is 10.3. The molecule has 3 heteroatoms. The molecule has 0 fully saturated rings. The molecule has 2 heterocycles. The number of nitrogens with zero attached hydrogens (tertiary/aromatic N) is 3. The normalized spacial score (nSPS) is 10.7. The summed E-state index contributed by atoms with van der Waals surface area (Å²) in [7, 11) is 0. The van der Waals surface area contributed by atoms with Gasteiger partial charge in [0.15, 0.2) is 0 Å². The molecule has 0 aliphatic carbocycles. The Morgan fingerprint density at radius 2 is 1.53 bits per heavy atom. The fourth-order valence-corrected chi connectivity index (χ4v) is 1.09. The summed E-state index contributed by atoms with van der Waals surface area (Å²) in [6.07, 6.45) is 5.18. The van der Waals surface area contributed by atoms with Gasteiger partial charge >= 0.3 is 0 Å². The molecule has 0 aromatic carbocycles. The Morgan fingerprint density at radius 1 is 0.867 bits per heavy atom. The lowest BCUT2D eigenvalue weighted by atomic mass is 10.3. The van der Waals surface area contributed by atoms with Crippen LogP contribution in [0.3, 0.4) is 0 Å². The van der Waals surface area contributed by atoms with Crippen molar-refractivity contribution in [3.63, 3.8) is 0 Å². The molecule has 73 valence electrons. The minimum atomic E-state index is 0.838. The van der Waals surface area contributed by atoms with Gasteiger partial charge in [-0.05, 0) is 24.3 Å². The van der Waals surface area contributed by atoms with E-state index in [4.69, 9.17) is 0 Å². The van der Waals surface area contributed by atoms with Crippen LogP contribution < -0.4 is 0 Å². The summed E-state index contributed by atoms with van der Waals surface area (Å²) in [5.74, 6) is 0. The molecule has 0 atom stereocenters. The molecule has 3 nitrogen and oxygen atoms in total. The summed E-state index contributed by atoms with van der Waals surface area (Å²) in [5.41, 5.74) is 1.68. The number of aromatic nitrogens is 2. The van der Waals surface area contributed by atoms with Crippen molar-refractivity contribution in [2.75, 3.05) is 0 Å². The maximum Gasteiger partial charge on any atom is 0.120 e. The molecule has 0 unspecified atom stereocenters. The van der Waals surface area contributed by atoms with Gasteiger partial charge in [0.25, 0.3) is 0 Å². The third kappa shape index (κ3) is 2.98. The van der Waals surface area contributed by atoms with Crippen molar-refractivity contribution in [2.24, 2.45) is 4.99 Å². The molecule has 2 rings (SSSR count). The van der Waals surface area contributed by atoms with E-state index in [-0.39, 0.29) is 0 Å². The Balaban J connectivity index is 1.97. The summed E-state index contributed by atoms with van der Waals surface area (Å²) in [5, 5.41) is 0. The minimum absolute atomic E-state index is 0.838. The van der Waals surface area contributed by atoms with Gasteiger partial charge in [-0.2, -0.15) is 0 Å². The van der Waals surface area contributed by atoms with Crippen LogP contribution in [-0.2, 0) is 0 Å². The van der Waals surface area contributed by atoms with E-state index >= 15 is 0 Å². The second-order valence-corrected chi connectivity index (χ2v) is 2.92. The summed E-state index contributed by atoms with van der Waals surface area (Å²) in [6.45, 7) is 1.70. The largest absolute Gasteiger partial charge is 0.279 e. The quantitative estimate of drug-likeness (QED) is 0.705. The maximum atomic E-state index is 4.14. The summed E-state index contributed by atoms with van der Waals surface area (Å²) in [6, 6.07) is 11.4. The van der Waals surface area contributed by atoms with Crippen LogP contribution in [0, 0.1) is 6.54 Å². The second kappa shape index (κ2) is 5.00. The molecule has 0 saturated heterocycles. The lowest BCUT2D eigenvalue weighted by Crippen LogP contribution is -1.87. The van der Waals surface area contributed by atoms with E-state index in [1.807, 2.05) is 36.4 Å². The highest BCUT2D eigenvalue weighted by molar-refractivity contribution is 5.77. The van der Waals surface area contributed by atoms with Gasteiger partial charge in [-0.1, -0.05) is 12.1 Å². The highest BCUT2D eigenvalue weighted by Crippen LogP contribution is 1.98. The molecule has 2 aromatic rings. The van der Waals surface area contributed by atoms with E-state index in [0.29, 0.717) is 0 Å². The number of hydrogen-bond acceptors (Lipinski definition) is 3. The van der Waals surface area contributed by atoms with Crippen LogP contribution in [0.1, 0.15) is 11.4 Å². The van der Waals surface area contributed by atoms with Crippen LogP contribution in [-0.4, -0.2) is 16.2 Å². The zero-order valence-electron chi connectivity index (χ0n) is 8.12. The lowest BCUT2D eigenvalue weighted by Gasteiger charge is -1.92. The molecular formula is C12H10N3. The van der Waals surface area contributed by atoms with E-state index in [0.717, 1.165) is 11.4 Å². The lowest BCUT2D eigenvalue weighted by molar-refractivity contribution is 1.18. The van der Waals surface area contributed by atoms with Crippen LogP contribution in [0.15, 0.2) is 53.8 Å². The Kier molecular flexibility index (Phi) is 3.18. The average molecular weight is 196 g/mol. The van der Waals surface area contributed by atoms with E-state index in [1.54, 1.807) is 25.2 Å². The van der Waals surface area contributed by atoms with Crippen LogP contribution in [0.4, 0.5) is 0 Å². The van der Waals surface area contributed by atoms with E-state index < -0.39 is 0 Å². The van der Waals surface area contributed by atoms with Crippen LogP contribution in [0.2, 0.25) is 0 Å². The molecule has 0 spiro atoms. The molecule has 0 aliphatic rings. The third-order valence-corrected chi connectivity index (χ3v) is 1.79. The molecule has 0 saturated carbocycles. The van der Waals surface area contributed by atoms with Crippen molar-refractivity contribution in [3.05, 3.63) is 66.7 Å². The molecule has 0 N–H and O–H groups in total. The van der Waals surface area contributed by atoms with Gasteiger partial charge in [-0.3, -0.25) is 15.0 Å². The first-order valence-corrected chi connectivity index (χ1v) is 4.63. The van der Waals surface area contributed by atoms with Crippen molar-refractivity contribution in [2.45, 2.75) is 0 Å². The molecule has 15 heavy (non-hydrogen) atoms. The van der Waals surface area contributed by atoms with E-state index in [1.165, 1.54) is 0 Å². The molecule has 0 amide bonds. The third-order valence-electron chi connectivity index (χ3n) is 1.79. The van der Waals surface area contributed by atoms with Gasteiger partial charge in [-0.15, -0.1) is 0 Å². The Bertz CT molecular complexity index is 423. The fraction of sp³-hybridized carbons (Fsp3) is 0. The summed E-state index contributed by atoms with van der Waals surface area (Å²) >= 11 is 0. The van der Waals surface area contributed by atoms with Gasteiger partial charge in [0.2, 0.25) is 0 Å².